The Kier molecular flexibility index (Phi) is 2.12. The van der Waals surface area contributed by atoms with Gasteiger partial charge in [0.25, 0.3) is 5.91 Å². The fraction of sp³-hybridized carbons (Fsp3) is 0.250. The molecule has 1 aliphatic heterocycles. The van der Waals surface area contributed by atoms with Gasteiger partial charge in [0.1, 0.15) is 0 Å². The molecule has 1 heterocycles. The van der Waals surface area contributed by atoms with E-state index in [2.05, 4.69) is 6.58 Å². The van der Waals surface area contributed by atoms with Crippen molar-refractivity contribution in [3.05, 3.63) is 47.5 Å². The van der Waals surface area contributed by atoms with E-state index < -0.39 is 0 Å². The number of nitrogens with zero attached hydrogens (tertiary/aromatic N) is 1. The molecule has 0 N–H and O–H groups in total. The number of benzene rings is 1. The average molecular weight is 187 g/mol. The first kappa shape index (κ1) is 9.00. The average Bonchev–Trinajstić information content (AvgIpc) is 2.44. The van der Waals surface area contributed by atoms with Gasteiger partial charge in [0.15, 0.2) is 0 Å². The van der Waals surface area contributed by atoms with Crippen molar-refractivity contribution < 1.29 is 4.79 Å². The Labute approximate surface area is 83.8 Å². The minimum Gasteiger partial charge on any atom is -0.330 e. The summed E-state index contributed by atoms with van der Waals surface area (Å²) >= 11 is 0. The molecule has 1 aliphatic rings. The lowest BCUT2D eigenvalue weighted by atomic mass is 10.1. The van der Waals surface area contributed by atoms with Gasteiger partial charge >= 0.3 is 0 Å². The van der Waals surface area contributed by atoms with Gasteiger partial charge in [-0.3, -0.25) is 4.79 Å². The molecule has 0 fully saturated rings. The van der Waals surface area contributed by atoms with Crippen LogP contribution in [0.4, 0.5) is 0 Å². The van der Waals surface area contributed by atoms with Crippen molar-refractivity contribution >= 4 is 5.91 Å². The summed E-state index contributed by atoms with van der Waals surface area (Å²) in [5.41, 5.74) is 2.98. The number of hydrogen-bond donors (Lipinski definition) is 0. The predicted molar refractivity (Wildman–Crippen MR) is 56.0 cm³/mol. The van der Waals surface area contributed by atoms with Gasteiger partial charge in [0, 0.05) is 18.7 Å². The molecule has 0 unspecified atom stereocenters. The Morgan fingerprint density at radius 3 is 2.86 bits per heavy atom. The van der Waals surface area contributed by atoms with Crippen LogP contribution in [-0.4, -0.2) is 17.4 Å². The van der Waals surface area contributed by atoms with E-state index in [9.17, 15) is 4.79 Å². The summed E-state index contributed by atoms with van der Waals surface area (Å²) < 4.78 is 0. The molecule has 0 aromatic heterocycles. The summed E-state index contributed by atoms with van der Waals surface area (Å²) in [7, 11) is 0. The van der Waals surface area contributed by atoms with Gasteiger partial charge in [-0.1, -0.05) is 30.4 Å². The van der Waals surface area contributed by atoms with Crippen LogP contribution in [0.1, 0.15) is 22.8 Å². The Morgan fingerprint density at radius 1 is 1.50 bits per heavy atom. The Bertz CT molecular complexity index is 395. The van der Waals surface area contributed by atoms with Gasteiger partial charge in [-0.25, -0.2) is 0 Å². The zero-order chi connectivity index (χ0) is 10.1. The monoisotopic (exact) mass is 187 g/mol. The Balaban J connectivity index is 2.26. The van der Waals surface area contributed by atoms with E-state index in [-0.39, 0.29) is 5.91 Å². The van der Waals surface area contributed by atoms with E-state index in [1.165, 1.54) is 0 Å². The Hall–Kier alpha value is -1.57. The highest BCUT2D eigenvalue weighted by atomic mass is 16.2. The standard InChI is InChI=1S/C12H13NO/c1-9(2)7-13-8-10-5-3-4-6-11(10)12(13)14/h3-6H,1,7-8H2,2H3. The third-order valence-corrected chi connectivity index (χ3v) is 2.36. The van der Waals surface area contributed by atoms with Crippen LogP contribution >= 0.6 is 0 Å². The molecule has 2 rings (SSSR count). The molecule has 2 heteroatoms. The largest absolute Gasteiger partial charge is 0.330 e. The van der Waals surface area contributed by atoms with Crippen molar-refractivity contribution in [3.63, 3.8) is 0 Å². The van der Waals surface area contributed by atoms with Crippen LogP contribution < -0.4 is 0 Å². The summed E-state index contributed by atoms with van der Waals surface area (Å²) in [6.45, 7) is 7.15. The molecule has 0 saturated carbocycles. The minimum atomic E-state index is 0.128. The van der Waals surface area contributed by atoms with E-state index in [0.29, 0.717) is 6.54 Å². The van der Waals surface area contributed by atoms with E-state index in [4.69, 9.17) is 0 Å². The third-order valence-electron chi connectivity index (χ3n) is 2.36. The molecule has 0 atom stereocenters. The van der Waals surface area contributed by atoms with Crippen molar-refractivity contribution in [3.8, 4) is 0 Å². The van der Waals surface area contributed by atoms with Crippen LogP contribution in [0.15, 0.2) is 36.4 Å². The maximum Gasteiger partial charge on any atom is 0.254 e. The molecule has 1 aromatic rings. The topological polar surface area (TPSA) is 20.3 Å². The summed E-state index contributed by atoms with van der Waals surface area (Å²) in [6.07, 6.45) is 0. The number of fused-ring (bicyclic) bond motifs is 1. The molecular weight excluding hydrogens is 174 g/mol. The van der Waals surface area contributed by atoms with Crippen LogP contribution in [0.3, 0.4) is 0 Å². The van der Waals surface area contributed by atoms with E-state index in [1.54, 1.807) is 0 Å². The van der Waals surface area contributed by atoms with Crippen LogP contribution in [-0.2, 0) is 6.54 Å². The van der Waals surface area contributed by atoms with Crippen molar-refractivity contribution in [2.24, 2.45) is 0 Å². The molecule has 0 aliphatic carbocycles. The molecule has 14 heavy (non-hydrogen) atoms. The van der Waals surface area contributed by atoms with Gasteiger partial charge in [-0.05, 0) is 18.6 Å². The van der Waals surface area contributed by atoms with Crippen molar-refractivity contribution in [1.82, 2.24) is 4.90 Å². The Morgan fingerprint density at radius 2 is 2.21 bits per heavy atom. The minimum absolute atomic E-state index is 0.128. The second kappa shape index (κ2) is 3.29. The molecule has 1 aromatic carbocycles. The highest BCUT2D eigenvalue weighted by molar-refractivity contribution is 5.98. The van der Waals surface area contributed by atoms with Gasteiger partial charge < -0.3 is 4.90 Å². The summed E-state index contributed by atoms with van der Waals surface area (Å²) in [5.74, 6) is 0.128. The number of rotatable bonds is 2. The van der Waals surface area contributed by atoms with Crippen LogP contribution in [0.2, 0.25) is 0 Å². The first-order chi connectivity index (χ1) is 6.68. The summed E-state index contributed by atoms with van der Waals surface area (Å²) in [6, 6.07) is 7.76. The van der Waals surface area contributed by atoms with Gasteiger partial charge in [-0.15, -0.1) is 0 Å². The molecule has 72 valence electrons. The maximum absolute atomic E-state index is 11.8. The fourth-order valence-electron chi connectivity index (χ4n) is 1.77. The van der Waals surface area contributed by atoms with Crippen molar-refractivity contribution in [2.45, 2.75) is 13.5 Å². The normalized spacial score (nSPS) is 14.4. The predicted octanol–water partition coefficient (Wildman–Crippen LogP) is 2.22. The second-order valence-corrected chi connectivity index (χ2v) is 3.78. The quantitative estimate of drug-likeness (QED) is 0.650. The lowest BCUT2D eigenvalue weighted by Crippen LogP contribution is -2.25. The first-order valence-electron chi connectivity index (χ1n) is 4.70. The first-order valence-corrected chi connectivity index (χ1v) is 4.70. The van der Waals surface area contributed by atoms with Crippen LogP contribution in [0.25, 0.3) is 0 Å². The smallest absolute Gasteiger partial charge is 0.254 e. The van der Waals surface area contributed by atoms with Gasteiger partial charge in [0.2, 0.25) is 0 Å². The van der Waals surface area contributed by atoms with Crippen molar-refractivity contribution in [2.75, 3.05) is 6.54 Å². The second-order valence-electron chi connectivity index (χ2n) is 3.78. The van der Waals surface area contributed by atoms with Crippen molar-refractivity contribution in [1.29, 1.82) is 0 Å². The lowest BCUT2D eigenvalue weighted by Gasteiger charge is -2.14. The van der Waals surface area contributed by atoms with Gasteiger partial charge in [0.05, 0.1) is 0 Å². The molecule has 2 nitrogen and oxygen atoms in total. The zero-order valence-electron chi connectivity index (χ0n) is 8.29. The number of carbonyl (C=O) groups excluding carboxylic acids is 1. The number of amides is 1. The number of carbonyl (C=O) groups is 1. The summed E-state index contributed by atoms with van der Waals surface area (Å²) in [5, 5.41) is 0. The van der Waals surface area contributed by atoms with Gasteiger partial charge in [-0.2, -0.15) is 0 Å². The molecule has 0 spiro atoms. The highest BCUT2D eigenvalue weighted by Gasteiger charge is 2.25. The molecule has 0 saturated heterocycles. The van der Waals surface area contributed by atoms with E-state index in [1.807, 2.05) is 36.1 Å². The summed E-state index contributed by atoms with van der Waals surface area (Å²) in [4.78, 5) is 13.6. The third kappa shape index (κ3) is 1.43. The number of hydrogen-bond acceptors (Lipinski definition) is 1. The van der Waals surface area contributed by atoms with E-state index >= 15 is 0 Å². The molecule has 0 bridgehead atoms. The zero-order valence-corrected chi connectivity index (χ0v) is 8.29. The molecular formula is C12H13NO. The molecule has 0 radical (unpaired) electrons. The maximum atomic E-state index is 11.8. The van der Waals surface area contributed by atoms with E-state index in [0.717, 1.165) is 23.2 Å². The molecule has 1 amide bonds. The lowest BCUT2D eigenvalue weighted by molar-refractivity contribution is 0.0792. The highest BCUT2D eigenvalue weighted by Crippen LogP contribution is 2.22. The fourth-order valence-corrected chi connectivity index (χ4v) is 1.77. The SMILES string of the molecule is C=C(C)CN1Cc2ccccc2C1=O. The van der Waals surface area contributed by atoms with Crippen LogP contribution in [0.5, 0.6) is 0 Å². The van der Waals surface area contributed by atoms with Crippen LogP contribution in [0, 0.1) is 0 Å².